The van der Waals surface area contributed by atoms with Gasteiger partial charge in [0.25, 0.3) is 5.69 Å². The van der Waals surface area contributed by atoms with Crippen LogP contribution in [0.5, 0.6) is 11.5 Å². The number of hydrogen-bond donors (Lipinski definition) is 0. The lowest BCUT2D eigenvalue weighted by atomic mass is 10.1. The summed E-state index contributed by atoms with van der Waals surface area (Å²) in [5, 5.41) is 14.9. The number of benzene rings is 1. The zero-order valence-corrected chi connectivity index (χ0v) is 12.3. The van der Waals surface area contributed by atoms with E-state index in [9.17, 15) is 14.9 Å². The Balaban J connectivity index is 1.86. The van der Waals surface area contributed by atoms with Crippen LogP contribution in [0, 0.1) is 24.0 Å². The predicted octanol–water partition coefficient (Wildman–Crippen LogP) is 2.29. The number of aryl methyl sites for hydroxylation is 2. The molecule has 23 heavy (non-hydrogen) atoms. The number of carbonyl (C=O) groups is 1. The lowest BCUT2D eigenvalue weighted by Crippen LogP contribution is -2.09. The minimum atomic E-state index is -0.838. The summed E-state index contributed by atoms with van der Waals surface area (Å²) in [6.45, 7) is 3.25. The van der Waals surface area contributed by atoms with Crippen LogP contribution in [0.25, 0.3) is 0 Å². The zero-order chi connectivity index (χ0) is 16.6. The van der Waals surface area contributed by atoms with E-state index < -0.39 is 16.6 Å². The van der Waals surface area contributed by atoms with E-state index in [0.717, 1.165) is 6.07 Å². The van der Waals surface area contributed by atoms with Crippen LogP contribution in [0.3, 0.4) is 0 Å². The molecule has 0 saturated heterocycles. The topological polar surface area (TPSA) is 114 Å². The van der Waals surface area contributed by atoms with Crippen LogP contribution in [-0.4, -0.2) is 22.8 Å². The highest BCUT2D eigenvalue weighted by atomic mass is 16.7. The molecule has 9 heteroatoms. The standard InChI is InChI=1S/C14H12N2O7/c1-7-10(8(2)23-15-7)5-20-14(17)9-3-12-13(22-6-21-12)4-11(9)16(18)19/h3-4H,5-6H2,1-2H3. The first-order valence-corrected chi connectivity index (χ1v) is 6.64. The number of carbonyl (C=O) groups excluding carboxylic acids is 1. The van der Waals surface area contributed by atoms with Gasteiger partial charge < -0.3 is 18.7 Å². The van der Waals surface area contributed by atoms with Crippen LogP contribution >= 0.6 is 0 Å². The number of hydrogen-bond acceptors (Lipinski definition) is 8. The van der Waals surface area contributed by atoms with Gasteiger partial charge in [0.2, 0.25) is 6.79 Å². The van der Waals surface area contributed by atoms with Crippen molar-refractivity contribution in [2.75, 3.05) is 6.79 Å². The Labute approximate surface area is 129 Å². The summed E-state index contributed by atoms with van der Waals surface area (Å²) in [5.41, 5.74) is 0.612. The van der Waals surface area contributed by atoms with Crippen molar-refractivity contribution in [1.82, 2.24) is 5.16 Å². The Morgan fingerprint density at radius 1 is 1.35 bits per heavy atom. The number of aromatic nitrogens is 1. The Hall–Kier alpha value is -3.10. The first kappa shape index (κ1) is 14.8. The molecule has 0 saturated carbocycles. The van der Waals surface area contributed by atoms with Gasteiger partial charge >= 0.3 is 5.97 Å². The maximum Gasteiger partial charge on any atom is 0.345 e. The summed E-state index contributed by atoms with van der Waals surface area (Å²) in [4.78, 5) is 22.7. The summed E-state index contributed by atoms with van der Waals surface area (Å²) in [5.74, 6) is 0.171. The van der Waals surface area contributed by atoms with E-state index >= 15 is 0 Å². The van der Waals surface area contributed by atoms with Gasteiger partial charge in [-0.25, -0.2) is 4.79 Å². The molecule has 0 bridgehead atoms. The van der Waals surface area contributed by atoms with E-state index in [1.807, 2.05) is 0 Å². The second kappa shape index (κ2) is 5.59. The van der Waals surface area contributed by atoms with E-state index in [0.29, 0.717) is 17.0 Å². The second-order valence-corrected chi connectivity index (χ2v) is 4.86. The van der Waals surface area contributed by atoms with Crippen molar-refractivity contribution in [2.45, 2.75) is 20.5 Å². The summed E-state index contributed by atoms with van der Waals surface area (Å²) >= 11 is 0. The molecule has 0 unspecified atom stereocenters. The third kappa shape index (κ3) is 2.68. The minimum absolute atomic E-state index is 0.0515. The van der Waals surface area contributed by atoms with Crippen LogP contribution in [-0.2, 0) is 11.3 Å². The van der Waals surface area contributed by atoms with Gasteiger partial charge in [-0.1, -0.05) is 5.16 Å². The second-order valence-electron chi connectivity index (χ2n) is 4.86. The maximum atomic E-state index is 12.2. The molecule has 0 radical (unpaired) electrons. The number of fused-ring (bicyclic) bond motifs is 1. The fourth-order valence-electron chi connectivity index (χ4n) is 2.17. The number of ether oxygens (including phenoxy) is 3. The average molecular weight is 320 g/mol. The molecule has 0 fully saturated rings. The smallest absolute Gasteiger partial charge is 0.345 e. The van der Waals surface area contributed by atoms with Gasteiger partial charge in [-0.3, -0.25) is 10.1 Å². The van der Waals surface area contributed by atoms with Crippen molar-refractivity contribution in [1.29, 1.82) is 0 Å². The summed E-state index contributed by atoms with van der Waals surface area (Å²) in [7, 11) is 0. The van der Waals surface area contributed by atoms with Crippen molar-refractivity contribution in [3.63, 3.8) is 0 Å². The Bertz CT molecular complexity index is 777. The van der Waals surface area contributed by atoms with Gasteiger partial charge in [0, 0.05) is 6.07 Å². The molecule has 1 aromatic carbocycles. The number of rotatable bonds is 4. The molecule has 3 rings (SSSR count). The SMILES string of the molecule is Cc1noc(C)c1COC(=O)c1cc2c(cc1[N+](=O)[O-])OCO2. The number of nitro benzene ring substituents is 1. The fourth-order valence-corrected chi connectivity index (χ4v) is 2.17. The van der Waals surface area contributed by atoms with Crippen molar-refractivity contribution < 1.29 is 28.5 Å². The Kier molecular flexibility index (Phi) is 3.61. The predicted molar refractivity (Wildman–Crippen MR) is 74.3 cm³/mol. The maximum absolute atomic E-state index is 12.2. The molecule has 9 nitrogen and oxygen atoms in total. The molecule has 0 N–H and O–H groups in total. The van der Waals surface area contributed by atoms with Gasteiger partial charge in [-0.05, 0) is 13.8 Å². The lowest BCUT2D eigenvalue weighted by molar-refractivity contribution is -0.385. The van der Waals surface area contributed by atoms with Gasteiger partial charge in [0.15, 0.2) is 11.5 Å². The molecule has 0 atom stereocenters. The zero-order valence-electron chi connectivity index (χ0n) is 12.3. The number of nitro groups is 1. The van der Waals surface area contributed by atoms with E-state index in [1.54, 1.807) is 13.8 Å². The highest BCUT2D eigenvalue weighted by Crippen LogP contribution is 2.38. The van der Waals surface area contributed by atoms with Crippen LogP contribution in [0.4, 0.5) is 5.69 Å². The number of nitrogens with zero attached hydrogens (tertiary/aromatic N) is 2. The first-order valence-electron chi connectivity index (χ1n) is 6.64. The molecular formula is C14H12N2O7. The molecule has 1 aliphatic rings. The summed E-state index contributed by atoms with van der Waals surface area (Å²) < 4.78 is 20.3. The van der Waals surface area contributed by atoms with E-state index in [4.69, 9.17) is 18.7 Å². The fraction of sp³-hybridized carbons (Fsp3) is 0.286. The van der Waals surface area contributed by atoms with E-state index in [2.05, 4.69) is 5.16 Å². The summed E-state index contributed by atoms with van der Waals surface area (Å²) in [6.07, 6.45) is 0. The number of esters is 1. The Morgan fingerprint density at radius 3 is 2.65 bits per heavy atom. The molecule has 2 aromatic rings. The average Bonchev–Trinajstić information content (AvgIpc) is 3.10. The molecule has 120 valence electrons. The normalized spacial score (nSPS) is 12.3. The first-order chi connectivity index (χ1) is 11.0. The van der Waals surface area contributed by atoms with Crippen molar-refractivity contribution in [3.05, 3.63) is 44.8 Å². The van der Waals surface area contributed by atoms with Crippen LogP contribution in [0.1, 0.15) is 27.4 Å². The molecular weight excluding hydrogens is 308 g/mol. The molecule has 0 spiro atoms. The van der Waals surface area contributed by atoms with Crippen molar-refractivity contribution in [3.8, 4) is 11.5 Å². The monoisotopic (exact) mass is 320 g/mol. The highest BCUT2D eigenvalue weighted by Gasteiger charge is 2.28. The molecule has 2 heterocycles. The highest BCUT2D eigenvalue weighted by molar-refractivity contribution is 5.95. The van der Waals surface area contributed by atoms with Crippen LogP contribution in [0.2, 0.25) is 0 Å². The van der Waals surface area contributed by atoms with E-state index in [1.165, 1.54) is 6.07 Å². The molecule has 0 aliphatic carbocycles. The molecule has 0 amide bonds. The van der Waals surface area contributed by atoms with Gasteiger partial charge in [-0.2, -0.15) is 0 Å². The quantitative estimate of drug-likeness (QED) is 0.479. The Morgan fingerprint density at radius 2 is 2.04 bits per heavy atom. The van der Waals surface area contributed by atoms with Crippen LogP contribution in [0.15, 0.2) is 16.7 Å². The van der Waals surface area contributed by atoms with Crippen LogP contribution < -0.4 is 9.47 Å². The third-order valence-electron chi connectivity index (χ3n) is 3.44. The third-order valence-corrected chi connectivity index (χ3v) is 3.44. The molecule has 1 aromatic heterocycles. The van der Waals surface area contributed by atoms with Gasteiger partial charge in [0.05, 0.1) is 22.2 Å². The van der Waals surface area contributed by atoms with E-state index in [-0.39, 0.29) is 30.5 Å². The molecule has 1 aliphatic heterocycles. The van der Waals surface area contributed by atoms with Gasteiger partial charge in [-0.15, -0.1) is 0 Å². The summed E-state index contributed by atoms with van der Waals surface area (Å²) in [6, 6.07) is 2.39. The lowest BCUT2D eigenvalue weighted by Gasteiger charge is -2.06. The van der Waals surface area contributed by atoms with Crippen molar-refractivity contribution in [2.24, 2.45) is 0 Å². The van der Waals surface area contributed by atoms with Crippen molar-refractivity contribution >= 4 is 11.7 Å². The largest absolute Gasteiger partial charge is 0.457 e. The van der Waals surface area contributed by atoms with Gasteiger partial charge in [0.1, 0.15) is 17.9 Å². The minimum Gasteiger partial charge on any atom is -0.457 e.